The first kappa shape index (κ1) is 5.33. The predicted molar refractivity (Wildman–Crippen MR) is 28.9 cm³/mol. The molecule has 0 unspecified atom stereocenters. The molecular weight excluding hydrogens is 102 g/mol. The standard InChI is InChI=1S/C6H7NO/c7-4-5-1-2-6(8)3-5/h3,6,8H,1-2H2/t6-/m1/s1. The molecule has 1 rings (SSSR count). The summed E-state index contributed by atoms with van der Waals surface area (Å²) in [5.41, 5.74) is 0.720. The lowest BCUT2D eigenvalue weighted by atomic mass is 10.3. The summed E-state index contributed by atoms with van der Waals surface area (Å²) >= 11 is 0. The second-order valence-corrected chi connectivity index (χ2v) is 1.91. The Balaban J connectivity index is 2.61. The monoisotopic (exact) mass is 109 g/mol. The molecule has 1 atom stereocenters. The van der Waals surface area contributed by atoms with Crippen molar-refractivity contribution in [2.24, 2.45) is 0 Å². The Morgan fingerprint density at radius 3 is 2.88 bits per heavy atom. The number of aliphatic hydroxyl groups excluding tert-OH is 1. The number of rotatable bonds is 0. The summed E-state index contributed by atoms with van der Waals surface area (Å²) in [6.07, 6.45) is 2.73. The van der Waals surface area contributed by atoms with Crippen molar-refractivity contribution in [2.75, 3.05) is 0 Å². The van der Waals surface area contributed by atoms with E-state index < -0.39 is 0 Å². The van der Waals surface area contributed by atoms with Crippen molar-refractivity contribution in [1.82, 2.24) is 0 Å². The van der Waals surface area contributed by atoms with Crippen LogP contribution in [0.4, 0.5) is 0 Å². The van der Waals surface area contributed by atoms with E-state index in [1.165, 1.54) is 0 Å². The topological polar surface area (TPSA) is 44.0 Å². The number of nitriles is 1. The molecule has 1 N–H and O–H groups in total. The minimum absolute atomic E-state index is 0.357. The van der Waals surface area contributed by atoms with Gasteiger partial charge in [0, 0.05) is 5.57 Å². The van der Waals surface area contributed by atoms with E-state index in [0.717, 1.165) is 18.4 Å². The minimum atomic E-state index is -0.357. The number of hydrogen-bond acceptors (Lipinski definition) is 2. The van der Waals surface area contributed by atoms with Crippen LogP contribution in [0.5, 0.6) is 0 Å². The maximum absolute atomic E-state index is 8.80. The molecule has 42 valence electrons. The van der Waals surface area contributed by atoms with Crippen molar-refractivity contribution in [3.8, 4) is 6.07 Å². The average Bonchev–Trinajstić information content (AvgIpc) is 2.14. The lowest BCUT2D eigenvalue weighted by Crippen LogP contribution is -1.93. The van der Waals surface area contributed by atoms with Gasteiger partial charge in [-0.3, -0.25) is 0 Å². The number of hydrogen-bond donors (Lipinski definition) is 1. The van der Waals surface area contributed by atoms with Gasteiger partial charge < -0.3 is 5.11 Å². The molecule has 2 nitrogen and oxygen atoms in total. The summed E-state index contributed by atoms with van der Waals surface area (Å²) < 4.78 is 0. The lowest BCUT2D eigenvalue weighted by molar-refractivity contribution is 0.223. The first-order valence-electron chi connectivity index (χ1n) is 2.62. The maximum Gasteiger partial charge on any atom is 0.0944 e. The molecule has 8 heavy (non-hydrogen) atoms. The fourth-order valence-electron chi connectivity index (χ4n) is 0.795. The highest BCUT2D eigenvalue weighted by molar-refractivity contribution is 5.25. The molecule has 0 bridgehead atoms. The van der Waals surface area contributed by atoms with Gasteiger partial charge in [-0.05, 0) is 18.9 Å². The van der Waals surface area contributed by atoms with Gasteiger partial charge in [0.05, 0.1) is 12.2 Å². The summed E-state index contributed by atoms with van der Waals surface area (Å²) in [6.45, 7) is 0. The molecule has 0 aromatic rings. The Hall–Kier alpha value is -0.810. The summed E-state index contributed by atoms with van der Waals surface area (Å²) in [5, 5.41) is 17.1. The van der Waals surface area contributed by atoms with Gasteiger partial charge in [0.15, 0.2) is 0 Å². The molecule has 0 heterocycles. The Kier molecular flexibility index (Phi) is 1.32. The van der Waals surface area contributed by atoms with Crippen LogP contribution in [0.15, 0.2) is 11.6 Å². The van der Waals surface area contributed by atoms with Crippen LogP contribution in [-0.4, -0.2) is 11.2 Å². The molecule has 0 radical (unpaired) electrons. The van der Waals surface area contributed by atoms with Crippen LogP contribution >= 0.6 is 0 Å². The Morgan fingerprint density at radius 1 is 1.88 bits per heavy atom. The molecule has 1 aliphatic rings. The summed E-state index contributed by atoms with van der Waals surface area (Å²) in [4.78, 5) is 0. The zero-order chi connectivity index (χ0) is 5.98. The van der Waals surface area contributed by atoms with E-state index in [1.807, 2.05) is 6.07 Å². The van der Waals surface area contributed by atoms with Crippen molar-refractivity contribution < 1.29 is 5.11 Å². The van der Waals surface area contributed by atoms with Gasteiger partial charge in [0.25, 0.3) is 0 Å². The van der Waals surface area contributed by atoms with Gasteiger partial charge >= 0.3 is 0 Å². The van der Waals surface area contributed by atoms with Crippen LogP contribution in [0.1, 0.15) is 12.8 Å². The molecule has 0 aromatic carbocycles. The SMILES string of the molecule is N#CC1=C[C@H](O)CC1. The third kappa shape index (κ3) is 0.877. The van der Waals surface area contributed by atoms with Crippen LogP contribution in [-0.2, 0) is 0 Å². The van der Waals surface area contributed by atoms with Crippen molar-refractivity contribution in [3.05, 3.63) is 11.6 Å². The second-order valence-electron chi connectivity index (χ2n) is 1.91. The van der Waals surface area contributed by atoms with Crippen molar-refractivity contribution in [2.45, 2.75) is 18.9 Å². The second kappa shape index (κ2) is 1.97. The Labute approximate surface area is 48.1 Å². The molecular formula is C6H7NO. The molecule has 0 fully saturated rings. The number of allylic oxidation sites excluding steroid dienone is 1. The molecule has 1 aliphatic carbocycles. The molecule has 2 heteroatoms. The molecule has 0 saturated heterocycles. The van der Waals surface area contributed by atoms with Crippen LogP contribution in [0.25, 0.3) is 0 Å². The van der Waals surface area contributed by atoms with E-state index >= 15 is 0 Å². The van der Waals surface area contributed by atoms with Gasteiger partial charge in [-0.2, -0.15) is 5.26 Å². The highest BCUT2D eigenvalue weighted by Crippen LogP contribution is 2.16. The number of aliphatic hydroxyl groups is 1. The average molecular weight is 109 g/mol. The van der Waals surface area contributed by atoms with Crippen LogP contribution in [0.2, 0.25) is 0 Å². The summed E-state index contributed by atoms with van der Waals surface area (Å²) in [5.74, 6) is 0. The normalized spacial score (nSPS) is 27.0. The zero-order valence-electron chi connectivity index (χ0n) is 4.46. The zero-order valence-corrected chi connectivity index (χ0v) is 4.46. The molecule has 0 amide bonds. The van der Waals surface area contributed by atoms with E-state index in [1.54, 1.807) is 6.08 Å². The third-order valence-electron chi connectivity index (χ3n) is 1.25. The van der Waals surface area contributed by atoms with Crippen molar-refractivity contribution >= 4 is 0 Å². The predicted octanol–water partition coefficient (Wildman–Crippen LogP) is 0.591. The Morgan fingerprint density at radius 2 is 2.62 bits per heavy atom. The molecule has 0 aliphatic heterocycles. The van der Waals surface area contributed by atoms with Gasteiger partial charge in [0.1, 0.15) is 0 Å². The smallest absolute Gasteiger partial charge is 0.0944 e. The first-order chi connectivity index (χ1) is 3.83. The van der Waals surface area contributed by atoms with Crippen molar-refractivity contribution in [1.29, 1.82) is 5.26 Å². The highest BCUT2D eigenvalue weighted by atomic mass is 16.3. The van der Waals surface area contributed by atoms with Crippen LogP contribution < -0.4 is 0 Å². The minimum Gasteiger partial charge on any atom is -0.389 e. The quantitative estimate of drug-likeness (QED) is 0.494. The Bertz CT molecular complexity index is 154. The van der Waals surface area contributed by atoms with E-state index in [2.05, 4.69) is 0 Å². The summed E-state index contributed by atoms with van der Waals surface area (Å²) in [7, 11) is 0. The summed E-state index contributed by atoms with van der Waals surface area (Å²) in [6, 6.07) is 2.00. The fraction of sp³-hybridized carbons (Fsp3) is 0.500. The maximum atomic E-state index is 8.80. The third-order valence-corrected chi connectivity index (χ3v) is 1.25. The first-order valence-corrected chi connectivity index (χ1v) is 2.62. The molecule has 0 aromatic heterocycles. The van der Waals surface area contributed by atoms with E-state index in [9.17, 15) is 0 Å². The van der Waals surface area contributed by atoms with Gasteiger partial charge in [0.2, 0.25) is 0 Å². The van der Waals surface area contributed by atoms with Gasteiger partial charge in [-0.1, -0.05) is 0 Å². The van der Waals surface area contributed by atoms with E-state index in [0.29, 0.717) is 0 Å². The van der Waals surface area contributed by atoms with Crippen LogP contribution in [0, 0.1) is 11.3 Å². The molecule has 0 saturated carbocycles. The largest absolute Gasteiger partial charge is 0.389 e. The van der Waals surface area contributed by atoms with Crippen LogP contribution in [0.3, 0.4) is 0 Å². The van der Waals surface area contributed by atoms with Gasteiger partial charge in [-0.15, -0.1) is 0 Å². The van der Waals surface area contributed by atoms with Crippen molar-refractivity contribution in [3.63, 3.8) is 0 Å². The number of nitrogens with zero attached hydrogens (tertiary/aromatic N) is 1. The van der Waals surface area contributed by atoms with Gasteiger partial charge in [-0.25, -0.2) is 0 Å². The lowest BCUT2D eigenvalue weighted by Gasteiger charge is -1.89. The molecule has 0 spiro atoms. The van der Waals surface area contributed by atoms with E-state index in [4.69, 9.17) is 10.4 Å². The van der Waals surface area contributed by atoms with E-state index in [-0.39, 0.29) is 6.10 Å². The highest BCUT2D eigenvalue weighted by Gasteiger charge is 2.10. The fourth-order valence-corrected chi connectivity index (χ4v) is 0.795.